The van der Waals surface area contributed by atoms with Gasteiger partial charge < -0.3 is 4.98 Å². The molecule has 0 bridgehead atoms. The van der Waals surface area contributed by atoms with Crippen molar-refractivity contribution in [1.29, 1.82) is 0 Å². The molecule has 0 atom stereocenters. The molecule has 1 saturated carbocycles. The monoisotopic (exact) mass is 327 g/mol. The Balaban J connectivity index is 1.90. The number of nitrogens with zero attached hydrogens (tertiary/aromatic N) is 1. The van der Waals surface area contributed by atoms with Crippen molar-refractivity contribution in [3.63, 3.8) is 0 Å². The average molecular weight is 327 g/mol. The Hall–Kier alpha value is -2.18. The summed E-state index contributed by atoms with van der Waals surface area (Å²) < 4.78 is 23.6. The number of fused-ring (bicyclic) bond motifs is 1. The second-order valence-electron chi connectivity index (χ2n) is 6.03. The molecule has 0 amide bonds. The van der Waals surface area contributed by atoms with Crippen LogP contribution in [-0.4, -0.2) is 18.4 Å². The van der Waals surface area contributed by atoms with Crippen LogP contribution < -0.4 is 5.14 Å². The fourth-order valence-corrected chi connectivity index (χ4v) is 3.94. The number of hydrogen-bond acceptors (Lipinski definition) is 3. The van der Waals surface area contributed by atoms with Crippen molar-refractivity contribution in [3.8, 4) is 11.1 Å². The molecule has 3 aromatic rings. The van der Waals surface area contributed by atoms with Crippen molar-refractivity contribution < 1.29 is 8.42 Å². The molecule has 6 heteroatoms. The number of sulfonamides is 1. The van der Waals surface area contributed by atoms with Gasteiger partial charge in [0.25, 0.3) is 0 Å². The van der Waals surface area contributed by atoms with Crippen LogP contribution in [0.1, 0.15) is 30.7 Å². The third-order valence-corrected chi connectivity index (χ3v) is 5.58. The molecule has 0 radical (unpaired) electrons. The average Bonchev–Trinajstić information content (AvgIpc) is 2.88. The predicted molar refractivity (Wildman–Crippen MR) is 89.5 cm³/mol. The summed E-state index contributed by atoms with van der Waals surface area (Å²) in [5, 5.41) is 6.41. The van der Waals surface area contributed by atoms with Crippen LogP contribution in [-0.2, 0) is 10.0 Å². The highest BCUT2D eigenvalue weighted by atomic mass is 32.2. The molecule has 2 heterocycles. The summed E-state index contributed by atoms with van der Waals surface area (Å²) in [7, 11) is -3.78. The normalized spacial score (nSPS) is 15.7. The SMILES string of the molecule is NS(=O)(=O)c1ccccc1-c1cnc2[nH]cc(C3CCC3)c2c1. The summed E-state index contributed by atoms with van der Waals surface area (Å²) in [6.45, 7) is 0. The van der Waals surface area contributed by atoms with Gasteiger partial charge in [0.15, 0.2) is 0 Å². The predicted octanol–water partition coefficient (Wildman–Crippen LogP) is 3.14. The van der Waals surface area contributed by atoms with E-state index in [1.54, 1.807) is 24.4 Å². The Morgan fingerprint density at radius 3 is 2.70 bits per heavy atom. The first-order valence-corrected chi connectivity index (χ1v) is 9.18. The highest BCUT2D eigenvalue weighted by molar-refractivity contribution is 7.89. The zero-order chi connectivity index (χ0) is 16.0. The van der Waals surface area contributed by atoms with Gasteiger partial charge in [0.05, 0.1) is 4.90 Å². The van der Waals surface area contributed by atoms with Crippen LogP contribution in [0.5, 0.6) is 0 Å². The van der Waals surface area contributed by atoms with E-state index in [9.17, 15) is 8.42 Å². The first-order valence-electron chi connectivity index (χ1n) is 7.63. The van der Waals surface area contributed by atoms with E-state index in [-0.39, 0.29) is 4.90 Å². The van der Waals surface area contributed by atoms with E-state index in [4.69, 9.17) is 5.14 Å². The van der Waals surface area contributed by atoms with E-state index in [2.05, 4.69) is 9.97 Å². The van der Waals surface area contributed by atoms with E-state index < -0.39 is 10.0 Å². The van der Waals surface area contributed by atoms with Gasteiger partial charge in [0.1, 0.15) is 5.65 Å². The van der Waals surface area contributed by atoms with Crippen LogP contribution in [0, 0.1) is 0 Å². The minimum atomic E-state index is -3.78. The fourth-order valence-electron chi connectivity index (χ4n) is 3.18. The van der Waals surface area contributed by atoms with Gasteiger partial charge in [-0.3, -0.25) is 0 Å². The van der Waals surface area contributed by atoms with E-state index in [0.29, 0.717) is 11.5 Å². The van der Waals surface area contributed by atoms with Crippen molar-refractivity contribution in [1.82, 2.24) is 9.97 Å². The number of nitrogens with one attached hydrogen (secondary N) is 1. The summed E-state index contributed by atoms with van der Waals surface area (Å²) in [6, 6.07) is 8.77. The van der Waals surface area contributed by atoms with Gasteiger partial charge in [-0.05, 0) is 36.5 Å². The van der Waals surface area contributed by atoms with Gasteiger partial charge in [0.2, 0.25) is 10.0 Å². The van der Waals surface area contributed by atoms with Crippen LogP contribution in [0.15, 0.2) is 47.6 Å². The van der Waals surface area contributed by atoms with Gasteiger partial charge in [-0.15, -0.1) is 0 Å². The molecule has 1 aromatic carbocycles. The molecule has 23 heavy (non-hydrogen) atoms. The lowest BCUT2D eigenvalue weighted by molar-refractivity contribution is 0.422. The highest BCUT2D eigenvalue weighted by Gasteiger charge is 2.23. The highest BCUT2D eigenvalue weighted by Crippen LogP contribution is 2.40. The van der Waals surface area contributed by atoms with Gasteiger partial charge >= 0.3 is 0 Å². The van der Waals surface area contributed by atoms with E-state index >= 15 is 0 Å². The summed E-state index contributed by atoms with van der Waals surface area (Å²) in [5.74, 6) is 0.578. The van der Waals surface area contributed by atoms with E-state index in [1.165, 1.54) is 30.9 Å². The third-order valence-electron chi connectivity index (χ3n) is 4.61. The largest absolute Gasteiger partial charge is 0.346 e. The van der Waals surface area contributed by atoms with Gasteiger partial charge in [-0.1, -0.05) is 24.6 Å². The molecule has 2 aromatic heterocycles. The van der Waals surface area contributed by atoms with E-state index in [0.717, 1.165) is 16.6 Å². The maximum Gasteiger partial charge on any atom is 0.238 e. The Morgan fingerprint density at radius 1 is 1.22 bits per heavy atom. The van der Waals surface area contributed by atoms with Crippen LogP contribution in [0.3, 0.4) is 0 Å². The summed E-state index contributed by atoms with van der Waals surface area (Å²) in [5.41, 5.74) is 3.46. The van der Waals surface area contributed by atoms with Crippen LogP contribution in [0.25, 0.3) is 22.2 Å². The van der Waals surface area contributed by atoms with Gasteiger partial charge in [0, 0.05) is 28.9 Å². The molecular formula is C17H17N3O2S. The molecule has 1 aliphatic rings. The van der Waals surface area contributed by atoms with Gasteiger partial charge in [-0.2, -0.15) is 0 Å². The zero-order valence-electron chi connectivity index (χ0n) is 12.5. The molecule has 1 fully saturated rings. The number of pyridine rings is 1. The number of hydrogen-bond donors (Lipinski definition) is 2. The third kappa shape index (κ3) is 2.44. The van der Waals surface area contributed by atoms with Crippen molar-refractivity contribution >= 4 is 21.1 Å². The maximum absolute atomic E-state index is 11.8. The Labute approximate surface area is 134 Å². The number of benzene rings is 1. The van der Waals surface area contributed by atoms with Crippen molar-refractivity contribution in [2.24, 2.45) is 5.14 Å². The number of nitrogens with two attached hydrogens (primary N) is 1. The quantitative estimate of drug-likeness (QED) is 0.774. The number of aromatic amines is 1. The number of rotatable bonds is 3. The number of primary sulfonamides is 1. The fraction of sp³-hybridized carbons (Fsp3) is 0.235. The minimum absolute atomic E-state index is 0.127. The maximum atomic E-state index is 11.8. The lowest BCUT2D eigenvalue weighted by Crippen LogP contribution is -2.13. The van der Waals surface area contributed by atoms with Crippen LogP contribution >= 0.6 is 0 Å². The molecule has 1 aliphatic carbocycles. The van der Waals surface area contributed by atoms with Crippen molar-refractivity contribution in [2.75, 3.05) is 0 Å². The first-order chi connectivity index (χ1) is 11.0. The van der Waals surface area contributed by atoms with E-state index in [1.807, 2.05) is 12.3 Å². The summed E-state index contributed by atoms with van der Waals surface area (Å²) in [6.07, 6.45) is 7.37. The molecule has 0 spiro atoms. The van der Waals surface area contributed by atoms with Crippen LogP contribution in [0.4, 0.5) is 0 Å². The Kier molecular flexibility index (Phi) is 3.25. The standard InChI is InChI=1S/C17H17N3O2S/c18-23(21,22)16-7-2-1-6-13(16)12-8-14-15(11-4-3-5-11)10-20-17(14)19-9-12/h1-2,6-11H,3-5H2,(H,19,20)(H2,18,21,22). The van der Waals surface area contributed by atoms with Crippen molar-refractivity contribution in [3.05, 3.63) is 48.3 Å². The van der Waals surface area contributed by atoms with Gasteiger partial charge in [-0.25, -0.2) is 18.5 Å². The molecular weight excluding hydrogens is 310 g/mol. The lowest BCUT2D eigenvalue weighted by Gasteiger charge is -2.24. The smallest absolute Gasteiger partial charge is 0.238 e. The molecule has 0 aliphatic heterocycles. The Morgan fingerprint density at radius 2 is 2.00 bits per heavy atom. The molecule has 118 valence electrons. The number of H-pyrrole nitrogens is 1. The molecule has 4 rings (SSSR count). The summed E-state index contributed by atoms with van der Waals surface area (Å²) >= 11 is 0. The lowest BCUT2D eigenvalue weighted by atomic mass is 9.80. The summed E-state index contributed by atoms with van der Waals surface area (Å²) in [4.78, 5) is 7.78. The van der Waals surface area contributed by atoms with Crippen molar-refractivity contribution in [2.45, 2.75) is 30.1 Å². The molecule has 3 N–H and O–H groups in total. The molecule has 0 unspecified atom stereocenters. The number of aromatic nitrogens is 2. The topological polar surface area (TPSA) is 88.8 Å². The zero-order valence-corrected chi connectivity index (χ0v) is 13.3. The first kappa shape index (κ1) is 14.4. The second kappa shape index (κ2) is 5.18. The molecule has 0 saturated heterocycles. The van der Waals surface area contributed by atoms with Crippen LogP contribution in [0.2, 0.25) is 0 Å². The minimum Gasteiger partial charge on any atom is -0.346 e. The molecule has 5 nitrogen and oxygen atoms in total. The second-order valence-corrected chi connectivity index (χ2v) is 7.56. The Bertz CT molecular complexity index is 988.